The Hall–Kier alpha value is -2.47. The minimum Gasteiger partial charge on any atom is -0.371 e. The van der Waals surface area contributed by atoms with E-state index in [9.17, 15) is 9.90 Å². The molecule has 1 saturated carbocycles. The smallest absolute Gasteiger partial charge is 0.262 e. The summed E-state index contributed by atoms with van der Waals surface area (Å²) in [6, 6.07) is 23.6. The van der Waals surface area contributed by atoms with Crippen LogP contribution in [0.1, 0.15) is 16.0 Å². The third-order valence-electron chi connectivity index (χ3n) is 6.21. The van der Waals surface area contributed by atoms with Crippen LogP contribution in [0.25, 0.3) is 0 Å². The van der Waals surface area contributed by atoms with Gasteiger partial charge in [-0.3, -0.25) is 9.69 Å². The summed E-state index contributed by atoms with van der Waals surface area (Å²) in [6.45, 7) is 2.94. The van der Waals surface area contributed by atoms with E-state index >= 15 is 0 Å². The van der Waals surface area contributed by atoms with Gasteiger partial charge >= 0.3 is 0 Å². The van der Waals surface area contributed by atoms with Crippen molar-refractivity contribution in [1.82, 2.24) is 10.2 Å². The van der Waals surface area contributed by atoms with E-state index < -0.39 is 5.60 Å². The number of carbonyl (C=O) groups is 1. The van der Waals surface area contributed by atoms with E-state index in [1.54, 1.807) is 0 Å². The number of benzene rings is 2. The van der Waals surface area contributed by atoms with Gasteiger partial charge in [-0.25, -0.2) is 0 Å². The maximum absolute atomic E-state index is 13.2. The first kappa shape index (κ1) is 18.6. The van der Waals surface area contributed by atoms with Crippen LogP contribution < -0.4 is 5.32 Å². The second kappa shape index (κ2) is 7.41. The van der Waals surface area contributed by atoms with Gasteiger partial charge in [0.05, 0.1) is 4.88 Å². The molecule has 3 atom stereocenters. The number of piperidine rings is 1. The Bertz CT molecular complexity index is 965. The molecule has 0 bridgehead atoms. The molecule has 3 unspecified atom stereocenters. The highest BCUT2D eigenvalue weighted by atomic mass is 32.1. The van der Waals surface area contributed by atoms with Gasteiger partial charge in [0.1, 0.15) is 0 Å². The topological polar surface area (TPSA) is 52.6 Å². The van der Waals surface area contributed by atoms with Gasteiger partial charge in [-0.15, -0.1) is 11.3 Å². The summed E-state index contributed by atoms with van der Waals surface area (Å²) in [5.41, 5.74) is 0.290. The molecule has 0 radical (unpaired) electrons. The first-order valence-corrected chi connectivity index (χ1v) is 10.9. The molecule has 1 aliphatic heterocycles. The molecule has 2 aromatic carbocycles. The van der Waals surface area contributed by atoms with Crippen molar-refractivity contribution in [1.29, 1.82) is 0 Å². The molecule has 2 fully saturated rings. The second-order valence-corrected chi connectivity index (χ2v) is 9.01. The van der Waals surface area contributed by atoms with E-state index in [-0.39, 0.29) is 11.9 Å². The molecule has 3 aromatic rings. The molecule has 1 saturated heterocycles. The lowest BCUT2D eigenvalue weighted by Gasteiger charge is -2.27. The van der Waals surface area contributed by atoms with Crippen molar-refractivity contribution < 1.29 is 9.90 Å². The number of fused-ring (bicyclic) bond motifs is 1. The molecule has 1 aromatic heterocycles. The maximum Gasteiger partial charge on any atom is 0.262 e. The molecule has 2 heterocycles. The van der Waals surface area contributed by atoms with Gasteiger partial charge in [-0.05, 0) is 34.4 Å². The SMILES string of the molecule is O=C(NC1C2CN(Cc3ccccc3)CC21)C(O)(c1ccccc1)c1cccs1. The van der Waals surface area contributed by atoms with E-state index in [0.29, 0.717) is 22.3 Å². The molecule has 1 aliphatic carbocycles. The number of aliphatic hydroxyl groups is 1. The Morgan fingerprint density at radius 1 is 1.00 bits per heavy atom. The van der Waals surface area contributed by atoms with Gasteiger partial charge < -0.3 is 10.4 Å². The number of nitrogens with one attached hydrogen (secondary N) is 1. The fraction of sp³-hybridized carbons (Fsp3) is 0.292. The number of rotatable bonds is 6. The number of nitrogens with zero attached hydrogens (tertiary/aromatic N) is 1. The van der Waals surface area contributed by atoms with E-state index in [2.05, 4.69) is 34.5 Å². The fourth-order valence-corrected chi connectivity index (χ4v) is 5.45. The summed E-state index contributed by atoms with van der Waals surface area (Å²) in [4.78, 5) is 16.4. The van der Waals surface area contributed by atoms with Crippen molar-refractivity contribution in [2.45, 2.75) is 18.2 Å². The summed E-state index contributed by atoms with van der Waals surface area (Å²) in [6.07, 6.45) is 0. The Kier molecular flexibility index (Phi) is 4.74. The summed E-state index contributed by atoms with van der Waals surface area (Å²) in [5.74, 6) is 0.636. The van der Waals surface area contributed by atoms with E-state index in [4.69, 9.17) is 0 Å². The third kappa shape index (κ3) is 3.39. The summed E-state index contributed by atoms with van der Waals surface area (Å²) >= 11 is 1.40. The number of hydrogen-bond donors (Lipinski definition) is 2. The molecule has 1 amide bonds. The first-order valence-electron chi connectivity index (χ1n) is 10.1. The Labute approximate surface area is 174 Å². The van der Waals surface area contributed by atoms with Gasteiger partial charge in [0.15, 0.2) is 0 Å². The summed E-state index contributed by atoms with van der Waals surface area (Å²) < 4.78 is 0. The number of amides is 1. The third-order valence-corrected chi connectivity index (χ3v) is 7.19. The lowest BCUT2D eigenvalue weighted by molar-refractivity contribution is -0.136. The summed E-state index contributed by atoms with van der Waals surface area (Å²) in [5, 5.41) is 16.5. The van der Waals surface area contributed by atoms with Gasteiger partial charge in [-0.2, -0.15) is 0 Å². The summed E-state index contributed by atoms with van der Waals surface area (Å²) in [7, 11) is 0. The molecule has 148 valence electrons. The Morgan fingerprint density at radius 2 is 1.66 bits per heavy atom. The zero-order chi connectivity index (χ0) is 19.8. The van der Waals surface area contributed by atoms with Crippen molar-refractivity contribution >= 4 is 17.2 Å². The lowest BCUT2D eigenvalue weighted by Crippen LogP contribution is -2.47. The highest BCUT2D eigenvalue weighted by Gasteiger charge is 2.57. The number of thiophene rings is 1. The van der Waals surface area contributed by atoms with E-state index in [1.807, 2.05) is 53.9 Å². The first-order chi connectivity index (χ1) is 14.2. The largest absolute Gasteiger partial charge is 0.371 e. The van der Waals surface area contributed by atoms with E-state index in [0.717, 1.165) is 19.6 Å². The standard InChI is InChI=1S/C24H24N2O2S/c27-23(24(28,21-12-7-13-29-21)18-10-5-2-6-11-18)25-22-19-15-26(16-20(19)22)14-17-8-3-1-4-9-17/h1-13,19-20,22,28H,14-16H2,(H,25,27). The molecule has 0 spiro atoms. The average molecular weight is 405 g/mol. The van der Waals surface area contributed by atoms with Crippen LogP contribution in [0, 0.1) is 11.8 Å². The molecule has 5 rings (SSSR count). The molecule has 29 heavy (non-hydrogen) atoms. The van der Waals surface area contributed by atoms with Crippen LogP contribution in [0.4, 0.5) is 0 Å². The van der Waals surface area contributed by atoms with Crippen LogP contribution in [-0.4, -0.2) is 35.0 Å². The van der Waals surface area contributed by atoms with Gasteiger partial charge in [0, 0.05) is 25.7 Å². The van der Waals surface area contributed by atoms with Crippen LogP contribution in [0.3, 0.4) is 0 Å². The van der Waals surface area contributed by atoms with Crippen molar-refractivity contribution in [2.75, 3.05) is 13.1 Å². The van der Waals surface area contributed by atoms with E-state index in [1.165, 1.54) is 16.9 Å². The number of likely N-dealkylation sites (tertiary alicyclic amines) is 1. The minimum atomic E-state index is -1.64. The quantitative estimate of drug-likeness (QED) is 0.663. The van der Waals surface area contributed by atoms with Gasteiger partial charge in [0.25, 0.3) is 5.91 Å². The minimum absolute atomic E-state index is 0.157. The average Bonchev–Trinajstić information content (AvgIpc) is 3.18. The highest BCUT2D eigenvalue weighted by molar-refractivity contribution is 7.10. The van der Waals surface area contributed by atoms with Crippen molar-refractivity contribution in [3.05, 3.63) is 94.2 Å². The number of hydrogen-bond acceptors (Lipinski definition) is 4. The molecular formula is C24H24N2O2S. The van der Waals surface area contributed by atoms with Gasteiger partial charge in [-0.1, -0.05) is 66.7 Å². The van der Waals surface area contributed by atoms with Crippen LogP contribution in [-0.2, 0) is 16.9 Å². The predicted molar refractivity (Wildman–Crippen MR) is 114 cm³/mol. The fourth-order valence-electron chi connectivity index (χ4n) is 4.60. The zero-order valence-corrected chi connectivity index (χ0v) is 16.9. The van der Waals surface area contributed by atoms with Crippen molar-refractivity contribution in [3.63, 3.8) is 0 Å². The molecule has 5 heteroatoms. The van der Waals surface area contributed by atoms with Crippen LogP contribution in [0.5, 0.6) is 0 Å². The monoisotopic (exact) mass is 404 g/mol. The van der Waals surface area contributed by atoms with Crippen LogP contribution in [0.2, 0.25) is 0 Å². The predicted octanol–water partition coefficient (Wildman–Crippen LogP) is 3.23. The molecule has 2 aliphatic rings. The number of carbonyl (C=O) groups excluding carboxylic acids is 1. The van der Waals surface area contributed by atoms with Gasteiger partial charge in [0.2, 0.25) is 5.60 Å². The molecular weight excluding hydrogens is 380 g/mol. The maximum atomic E-state index is 13.2. The van der Waals surface area contributed by atoms with Crippen LogP contribution in [0.15, 0.2) is 78.2 Å². The Balaban J connectivity index is 1.26. The van der Waals surface area contributed by atoms with Crippen molar-refractivity contribution in [3.8, 4) is 0 Å². The lowest BCUT2D eigenvalue weighted by atomic mass is 9.91. The highest BCUT2D eigenvalue weighted by Crippen LogP contribution is 2.46. The molecule has 2 N–H and O–H groups in total. The molecule has 4 nitrogen and oxygen atoms in total. The normalized spacial score (nSPS) is 25.2. The Morgan fingerprint density at radius 3 is 2.28 bits per heavy atom. The van der Waals surface area contributed by atoms with Crippen molar-refractivity contribution in [2.24, 2.45) is 11.8 Å². The zero-order valence-electron chi connectivity index (χ0n) is 16.1. The van der Waals surface area contributed by atoms with Crippen LogP contribution >= 0.6 is 11.3 Å². The second-order valence-electron chi connectivity index (χ2n) is 8.06.